The maximum absolute atomic E-state index is 13.1. The van der Waals surface area contributed by atoms with E-state index in [9.17, 15) is 4.79 Å². The molecule has 31 heavy (non-hydrogen) atoms. The number of imidazole rings is 1. The molecular formula is C26H32N2O2S. The standard InChI is InChI=1S/C26H32N2O2S/c1-17(2)21-14-9-18(3)15-24(21)30-25(29)16-28-23-8-6-5-7-22(23)27-26(28)19-10-12-20(31-4)13-11-19/h5-8,10-13,17-18,21,24H,9,14-16H2,1-4H3/t18-,21+,24-/m1/s1. The molecule has 0 bridgehead atoms. The zero-order chi connectivity index (χ0) is 22.0. The lowest BCUT2D eigenvalue weighted by Crippen LogP contribution is -2.36. The van der Waals surface area contributed by atoms with Crippen molar-refractivity contribution in [3.05, 3.63) is 48.5 Å². The quantitative estimate of drug-likeness (QED) is 0.330. The van der Waals surface area contributed by atoms with Crippen molar-refractivity contribution in [1.82, 2.24) is 9.55 Å². The second-order valence-electron chi connectivity index (χ2n) is 9.09. The van der Waals surface area contributed by atoms with Crippen LogP contribution < -0.4 is 0 Å². The van der Waals surface area contributed by atoms with Crippen molar-refractivity contribution < 1.29 is 9.53 Å². The highest BCUT2D eigenvalue weighted by molar-refractivity contribution is 7.98. The third kappa shape index (κ3) is 4.82. The van der Waals surface area contributed by atoms with Gasteiger partial charge >= 0.3 is 5.97 Å². The fraction of sp³-hybridized carbons (Fsp3) is 0.462. The topological polar surface area (TPSA) is 44.1 Å². The third-order valence-corrected chi connectivity index (χ3v) is 7.28. The summed E-state index contributed by atoms with van der Waals surface area (Å²) in [5.41, 5.74) is 2.86. The number of ether oxygens (including phenoxy) is 1. The highest BCUT2D eigenvalue weighted by Crippen LogP contribution is 2.35. The van der Waals surface area contributed by atoms with Crippen LogP contribution in [0.2, 0.25) is 0 Å². The van der Waals surface area contributed by atoms with Crippen molar-refractivity contribution in [1.29, 1.82) is 0 Å². The number of hydrogen-bond donors (Lipinski definition) is 0. The molecular weight excluding hydrogens is 404 g/mol. The molecule has 1 aromatic heterocycles. The number of fused-ring (bicyclic) bond motifs is 1. The van der Waals surface area contributed by atoms with Crippen LogP contribution in [0.15, 0.2) is 53.4 Å². The van der Waals surface area contributed by atoms with E-state index in [1.54, 1.807) is 11.8 Å². The minimum absolute atomic E-state index is 0.00958. The predicted octanol–water partition coefficient (Wildman–Crippen LogP) is 6.43. The molecule has 0 unspecified atom stereocenters. The van der Waals surface area contributed by atoms with Gasteiger partial charge in [0.05, 0.1) is 11.0 Å². The molecule has 4 rings (SSSR count). The number of nitrogens with zero attached hydrogens (tertiary/aromatic N) is 2. The molecule has 0 aliphatic heterocycles. The van der Waals surface area contributed by atoms with Crippen LogP contribution in [0.4, 0.5) is 0 Å². The van der Waals surface area contributed by atoms with Crippen LogP contribution in [0.25, 0.3) is 22.4 Å². The number of rotatable bonds is 6. The van der Waals surface area contributed by atoms with Gasteiger partial charge < -0.3 is 9.30 Å². The van der Waals surface area contributed by atoms with Crippen molar-refractivity contribution in [3.8, 4) is 11.4 Å². The fourth-order valence-corrected chi connectivity index (χ4v) is 5.19. The molecule has 0 spiro atoms. The van der Waals surface area contributed by atoms with Gasteiger partial charge in [0.2, 0.25) is 0 Å². The van der Waals surface area contributed by atoms with Gasteiger partial charge in [-0.3, -0.25) is 4.79 Å². The molecule has 1 heterocycles. The first-order valence-corrected chi connectivity index (χ1v) is 12.5. The molecule has 3 atom stereocenters. The van der Waals surface area contributed by atoms with E-state index >= 15 is 0 Å². The van der Waals surface area contributed by atoms with E-state index in [1.807, 2.05) is 28.8 Å². The van der Waals surface area contributed by atoms with Crippen LogP contribution in [0.5, 0.6) is 0 Å². The Kier molecular flexibility index (Phi) is 6.71. The Hall–Kier alpha value is -2.27. The van der Waals surface area contributed by atoms with E-state index in [0.29, 0.717) is 17.8 Å². The predicted molar refractivity (Wildman–Crippen MR) is 128 cm³/mol. The van der Waals surface area contributed by atoms with Crippen LogP contribution in [0, 0.1) is 17.8 Å². The lowest BCUT2D eigenvalue weighted by Gasteiger charge is -2.36. The summed E-state index contributed by atoms with van der Waals surface area (Å²) < 4.78 is 8.10. The summed E-state index contributed by atoms with van der Waals surface area (Å²) in [5, 5.41) is 0. The van der Waals surface area contributed by atoms with Gasteiger partial charge in [-0.1, -0.05) is 51.5 Å². The van der Waals surface area contributed by atoms with Crippen LogP contribution in [0.1, 0.15) is 40.0 Å². The summed E-state index contributed by atoms with van der Waals surface area (Å²) >= 11 is 1.71. The van der Waals surface area contributed by atoms with Gasteiger partial charge in [-0.05, 0) is 61.1 Å². The molecule has 2 aromatic carbocycles. The molecule has 0 N–H and O–H groups in total. The second-order valence-corrected chi connectivity index (χ2v) is 9.97. The smallest absolute Gasteiger partial charge is 0.326 e. The number of aromatic nitrogens is 2. The summed E-state index contributed by atoms with van der Waals surface area (Å²) in [5.74, 6) is 2.20. The minimum atomic E-state index is -0.171. The normalized spacial score (nSPS) is 21.5. The molecule has 1 aliphatic carbocycles. The van der Waals surface area contributed by atoms with Gasteiger partial charge in [0.1, 0.15) is 18.5 Å². The van der Waals surface area contributed by atoms with Crippen LogP contribution >= 0.6 is 11.8 Å². The van der Waals surface area contributed by atoms with Gasteiger partial charge in [0.25, 0.3) is 0 Å². The number of esters is 1. The summed E-state index contributed by atoms with van der Waals surface area (Å²) in [7, 11) is 0. The average Bonchev–Trinajstić information content (AvgIpc) is 3.12. The molecule has 0 saturated heterocycles. The summed E-state index contributed by atoms with van der Waals surface area (Å²) in [6, 6.07) is 16.3. The second kappa shape index (κ2) is 9.47. The van der Waals surface area contributed by atoms with E-state index in [2.05, 4.69) is 51.3 Å². The van der Waals surface area contributed by atoms with Gasteiger partial charge in [0, 0.05) is 10.5 Å². The van der Waals surface area contributed by atoms with E-state index < -0.39 is 0 Å². The van der Waals surface area contributed by atoms with Gasteiger partial charge in [-0.25, -0.2) is 4.98 Å². The lowest BCUT2D eigenvalue weighted by molar-refractivity contribution is -0.156. The largest absolute Gasteiger partial charge is 0.461 e. The van der Waals surface area contributed by atoms with Crippen molar-refractivity contribution >= 4 is 28.8 Å². The minimum Gasteiger partial charge on any atom is -0.461 e. The molecule has 3 aromatic rings. The average molecular weight is 437 g/mol. The fourth-order valence-electron chi connectivity index (χ4n) is 4.78. The molecule has 1 fully saturated rings. The lowest BCUT2D eigenvalue weighted by atomic mass is 9.75. The number of thioether (sulfide) groups is 1. The maximum atomic E-state index is 13.1. The zero-order valence-corrected chi connectivity index (χ0v) is 19.7. The van der Waals surface area contributed by atoms with E-state index in [0.717, 1.165) is 35.3 Å². The van der Waals surface area contributed by atoms with E-state index in [-0.39, 0.29) is 18.6 Å². The zero-order valence-electron chi connectivity index (χ0n) is 18.9. The van der Waals surface area contributed by atoms with Crippen molar-refractivity contribution in [2.75, 3.05) is 6.26 Å². The Bertz CT molecular complexity index is 1040. The van der Waals surface area contributed by atoms with Gasteiger partial charge in [-0.15, -0.1) is 11.8 Å². The summed E-state index contributed by atoms with van der Waals surface area (Å²) in [6.07, 6.45) is 5.39. The number of para-hydroxylation sites is 2. The molecule has 1 saturated carbocycles. The Labute approximate surface area is 189 Å². The number of hydrogen-bond acceptors (Lipinski definition) is 4. The molecule has 1 aliphatic rings. The SMILES string of the molecule is CSc1ccc(-c2nc3ccccc3n2CC(=O)O[C@@H]2C[C@H](C)CC[C@H]2C(C)C)cc1. The van der Waals surface area contributed by atoms with Gasteiger partial charge in [0.15, 0.2) is 0 Å². The number of benzene rings is 2. The van der Waals surface area contributed by atoms with E-state index in [4.69, 9.17) is 9.72 Å². The summed E-state index contributed by atoms with van der Waals surface area (Å²) in [4.78, 5) is 19.2. The molecule has 164 valence electrons. The first kappa shape index (κ1) is 21.9. The molecule has 5 heteroatoms. The molecule has 0 radical (unpaired) electrons. The van der Waals surface area contributed by atoms with Crippen molar-refractivity contribution in [3.63, 3.8) is 0 Å². The summed E-state index contributed by atoms with van der Waals surface area (Å²) in [6.45, 7) is 6.91. The van der Waals surface area contributed by atoms with Crippen LogP contribution in [0.3, 0.4) is 0 Å². The van der Waals surface area contributed by atoms with Crippen LogP contribution in [-0.4, -0.2) is 27.9 Å². The molecule has 0 amide bonds. The number of carbonyl (C=O) groups is 1. The Morgan fingerprint density at radius 1 is 1.16 bits per heavy atom. The first-order chi connectivity index (χ1) is 15.0. The van der Waals surface area contributed by atoms with Crippen LogP contribution in [-0.2, 0) is 16.1 Å². The Morgan fingerprint density at radius 3 is 2.61 bits per heavy atom. The Balaban J connectivity index is 1.61. The highest BCUT2D eigenvalue weighted by atomic mass is 32.2. The highest BCUT2D eigenvalue weighted by Gasteiger charge is 2.33. The van der Waals surface area contributed by atoms with Crippen molar-refractivity contribution in [2.45, 2.75) is 57.6 Å². The third-order valence-electron chi connectivity index (χ3n) is 6.53. The first-order valence-electron chi connectivity index (χ1n) is 11.3. The Morgan fingerprint density at radius 2 is 1.90 bits per heavy atom. The van der Waals surface area contributed by atoms with Gasteiger partial charge in [-0.2, -0.15) is 0 Å². The number of carbonyl (C=O) groups excluding carboxylic acids is 1. The maximum Gasteiger partial charge on any atom is 0.326 e. The van der Waals surface area contributed by atoms with Crippen molar-refractivity contribution in [2.24, 2.45) is 17.8 Å². The molecule has 4 nitrogen and oxygen atoms in total. The monoisotopic (exact) mass is 436 g/mol. The van der Waals surface area contributed by atoms with E-state index in [1.165, 1.54) is 11.3 Å².